The van der Waals surface area contributed by atoms with E-state index in [-0.39, 0.29) is 5.69 Å². The van der Waals surface area contributed by atoms with Crippen LogP contribution in [0.25, 0.3) is 0 Å². The van der Waals surface area contributed by atoms with Gasteiger partial charge in [0.2, 0.25) is 4.77 Å². The highest BCUT2D eigenvalue weighted by molar-refractivity contribution is 7.71. The summed E-state index contributed by atoms with van der Waals surface area (Å²) in [5.41, 5.74) is 1.49. The molecule has 1 heterocycles. The minimum atomic E-state index is -0.454. The van der Waals surface area contributed by atoms with Crippen molar-refractivity contribution in [2.24, 2.45) is 5.10 Å². The number of nitro groups is 1. The van der Waals surface area contributed by atoms with Gasteiger partial charge in [-0.15, -0.1) is 0 Å². The van der Waals surface area contributed by atoms with E-state index in [0.717, 1.165) is 5.56 Å². The Labute approximate surface area is 152 Å². The van der Waals surface area contributed by atoms with Gasteiger partial charge in [0, 0.05) is 22.7 Å². The molecule has 9 heteroatoms. The second-order valence-electron chi connectivity index (χ2n) is 5.10. The summed E-state index contributed by atoms with van der Waals surface area (Å²) in [5.74, 6) is 0. The molecule has 3 aromatic rings. The monoisotopic (exact) mass is 373 g/mol. The molecule has 0 fully saturated rings. The predicted molar refractivity (Wildman–Crippen MR) is 97.7 cm³/mol. The molecule has 0 bridgehead atoms. The summed E-state index contributed by atoms with van der Waals surface area (Å²) in [4.78, 5) is 10.3. The normalized spacial score (nSPS) is 11.1. The lowest BCUT2D eigenvalue weighted by Crippen LogP contribution is -2.03. The fourth-order valence-corrected chi connectivity index (χ4v) is 2.55. The molecule has 25 heavy (non-hydrogen) atoms. The van der Waals surface area contributed by atoms with Crippen molar-refractivity contribution in [3.05, 3.63) is 85.9 Å². The Morgan fingerprint density at radius 1 is 1.28 bits per heavy atom. The van der Waals surface area contributed by atoms with Gasteiger partial charge in [-0.05, 0) is 23.8 Å². The van der Waals surface area contributed by atoms with Crippen LogP contribution in [-0.4, -0.2) is 25.6 Å². The Kier molecular flexibility index (Phi) is 5.01. The molecule has 0 unspecified atom stereocenters. The van der Waals surface area contributed by atoms with Crippen LogP contribution in [0.5, 0.6) is 0 Å². The Bertz CT molecular complexity index is 1010. The second-order valence-corrected chi connectivity index (χ2v) is 5.88. The molecule has 0 atom stereocenters. The number of hydrogen-bond donors (Lipinski definition) is 0. The van der Waals surface area contributed by atoms with E-state index in [1.54, 1.807) is 22.9 Å². The van der Waals surface area contributed by atoms with Crippen molar-refractivity contribution in [2.45, 2.75) is 6.54 Å². The van der Waals surface area contributed by atoms with Crippen molar-refractivity contribution in [1.82, 2.24) is 14.5 Å². The highest BCUT2D eigenvalue weighted by atomic mass is 35.5. The summed E-state index contributed by atoms with van der Waals surface area (Å²) in [6.45, 7) is 0.428. The number of nitro benzene ring substituents is 1. The minimum Gasteiger partial charge on any atom is -0.258 e. The fourth-order valence-electron chi connectivity index (χ4n) is 2.15. The zero-order chi connectivity index (χ0) is 17.8. The molecule has 0 aliphatic heterocycles. The summed E-state index contributed by atoms with van der Waals surface area (Å²) in [6, 6.07) is 13.6. The molecule has 0 saturated carbocycles. The molecule has 0 spiro atoms. The molecule has 0 radical (unpaired) electrons. The average Bonchev–Trinajstić information content (AvgIpc) is 2.95. The van der Waals surface area contributed by atoms with Crippen LogP contribution in [0.3, 0.4) is 0 Å². The van der Waals surface area contributed by atoms with Gasteiger partial charge in [-0.3, -0.25) is 10.1 Å². The lowest BCUT2D eigenvalue weighted by molar-refractivity contribution is -0.384. The van der Waals surface area contributed by atoms with Gasteiger partial charge in [-0.25, -0.2) is 4.68 Å². The number of aromatic nitrogens is 3. The first-order valence-corrected chi connectivity index (χ1v) is 8.00. The molecule has 2 aromatic carbocycles. The van der Waals surface area contributed by atoms with Crippen LogP contribution in [0.2, 0.25) is 5.02 Å². The largest absolute Gasteiger partial charge is 0.270 e. The van der Waals surface area contributed by atoms with Crippen LogP contribution in [0.4, 0.5) is 5.69 Å². The van der Waals surface area contributed by atoms with Crippen LogP contribution < -0.4 is 0 Å². The highest BCUT2D eigenvalue weighted by Gasteiger charge is 2.06. The summed E-state index contributed by atoms with van der Waals surface area (Å²) in [6.07, 6.45) is 2.97. The highest BCUT2D eigenvalue weighted by Crippen LogP contribution is 2.16. The molecular formula is C16H12ClN5O2S. The number of non-ortho nitro benzene ring substituents is 1. The van der Waals surface area contributed by atoms with Crippen molar-refractivity contribution in [3.63, 3.8) is 0 Å². The summed E-state index contributed by atoms with van der Waals surface area (Å²) in [5, 5.41) is 19.9. The molecular weight excluding hydrogens is 362 g/mol. The first-order chi connectivity index (χ1) is 12.0. The third kappa shape index (κ3) is 3.98. The predicted octanol–water partition coefficient (Wildman–Crippen LogP) is 3.91. The Hall–Kier alpha value is -2.84. The molecule has 0 N–H and O–H groups in total. The second kappa shape index (κ2) is 7.37. The van der Waals surface area contributed by atoms with Crippen molar-refractivity contribution < 1.29 is 4.92 Å². The van der Waals surface area contributed by atoms with Crippen molar-refractivity contribution in [2.75, 3.05) is 0 Å². The number of rotatable bonds is 5. The number of benzene rings is 2. The zero-order valence-corrected chi connectivity index (χ0v) is 14.4. The number of nitrogens with zero attached hydrogens (tertiary/aromatic N) is 5. The van der Waals surface area contributed by atoms with Gasteiger partial charge < -0.3 is 0 Å². The maximum absolute atomic E-state index is 10.8. The average molecular weight is 374 g/mol. The van der Waals surface area contributed by atoms with Crippen molar-refractivity contribution in [1.29, 1.82) is 0 Å². The Morgan fingerprint density at radius 2 is 2.08 bits per heavy atom. The van der Waals surface area contributed by atoms with Crippen molar-refractivity contribution in [3.8, 4) is 0 Å². The lowest BCUT2D eigenvalue weighted by Gasteiger charge is -2.03. The zero-order valence-electron chi connectivity index (χ0n) is 12.8. The summed E-state index contributed by atoms with van der Waals surface area (Å²) in [7, 11) is 0. The van der Waals surface area contributed by atoms with Gasteiger partial charge in [-0.1, -0.05) is 41.9 Å². The van der Waals surface area contributed by atoms with Gasteiger partial charge in [0.1, 0.15) is 6.33 Å². The molecule has 0 aliphatic rings. The third-order valence-corrected chi connectivity index (χ3v) is 4.17. The molecule has 0 aliphatic carbocycles. The number of halogens is 1. The fraction of sp³-hybridized carbons (Fsp3) is 0.0625. The smallest absolute Gasteiger partial charge is 0.258 e. The standard InChI is InChI=1S/C16H12ClN5O2S/c17-15-7-2-1-5-13(15)10-20-16(25)21(11-19-20)18-9-12-4-3-6-14(8-12)22(23)24/h1-9,11H,10H2/b18-9+. The van der Waals surface area contributed by atoms with Crippen LogP contribution >= 0.6 is 23.8 Å². The SMILES string of the molecule is O=[N+]([O-])c1cccc(/C=N/n2cnn(Cc3ccccc3Cl)c2=S)c1. The van der Waals surface area contributed by atoms with Crippen LogP contribution in [0, 0.1) is 14.9 Å². The van der Waals surface area contributed by atoms with E-state index in [4.69, 9.17) is 23.8 Å². The van der Waals surface area contributed by atoms with Gasteiger partial charge in [0.15, 0.2) is 0 Å². The van der Waals surface area contributed by atoms with Crippen molar-refractivity contribution >= 4 is 35.7 Å². The molecule has 0 saturated heterocycles. The van der Waals surface area contributed by atoms with Gasteiger partial charge in [0.05, 0.1) is 17.7 Å². The molecule has 0 amide bonds. The van der Waals surface area contributed by atoms with Gasteiger partial charge in [0.25, 0.3) is 5.69 Å². The van der Waals surface area contributed by atoms with Crippen LogP contribution in [-0.2, 0) is 6.54 Å². The summed E-state index contributed by atoms with van der Waals surface area (Å²) >= 11 is 11.5. The molecule has 7 nitrogen and oxygen atoms in total. The Morgan fingerprint density at radius 3 is 2.84 bits per heavy atom. The van der Waals surface area contributed by atoms with Gasteiger partial charge >= 0.3 is 0 Å². The van der Waals surface area contributed by atoms with E-state index in [1.165, 1.54) is 29.4 Å². The summed E-state index contributed by atoms with van der Waals surface area (Å²) < 4.78 is 3.41. The maximum Gasteiger partial charge on any atom is 0.270 e. The minimum absolute atomic E-state index is 0.00182. The third-order valence-electron chi connectivity index (χ3n) is 3.41. The maximum atomic E-state index is 10.8. The van der Waals surface area contributed by atoms with Crippen LogP contribution in [0.15, 0.2) is 60.0 Å². The first kappa shape index (κ1) is 17.0. The lowest BCUT2D eigenvalue weighted by atomic mass is 10.2. The first-order valence-electron chi connectivity index (χ1n) is 7.21. The van der Waals surface area contributed by atoms with E-state index in [1.807, 2.05) is 18.2 Å². The number of hydrogen-bond acceptors (Lipinski definition) is 5. The molecule has 1 aromatic heterocycles. The van der Waals surface area contributed by atoms with E-state index >= 15 is 0 Å². The van der Waals surface area contributed by atoms with Crippen LogP contribution in [0.1, 0.15) is 11.1 Å². The van der Waals surface area contributed by atoms with E-state index in [0.29, 0.717) is 21.9 Å². The van der Waals surface area contributed by atoms with Gasteiger partial charge in [-0.2, -0.15) is 14.9 Å². The molecule has 126 valence electrons. The van der Waals surface area contributed by atoms with E-state index in [9.17, 15) is 10.1 Å². The Balaban J connectivity index is 1.82. The molecule has 3 rings (SSSR count). The van der Waals surface area contributed by atoms with E-state index < -0.39 is 4.92 Å². The topological polar surface area (TPSA) is 78.2 Å². The quantitative estimate of drug-likeness (QED) is 0.294. The van der Waals surface area contributed by atoms with E-state index in [2.05, 4.69) is 10.2 Å².